The molecular formula is C19H19F4N5O3S. The van der Waals surface area contributed by atoms with Crippen LogP contribution in [-0.4, -0.2) is 41.9 Å². The van der Waals surface area contributed by atoms with E-state index in [2.05, 4.69) is 15.6 Å². The third-order valence-electron chi connectivity index (χ3n) is 4.88. The number of carbonyl (C=O) groups excluding carboxylic acids is 1. The largest absolute Gasteiger partial charge is 0.417 e. The maximum absolute atomic E-state index is 14.6. The first-order valence-corrected chi connectivity index (χ1v) is 10.9. The number of hydrogen-bond acceptors (Lipinski definition) is 5. The highest BCUT2D eigenvalue weighted by atomic mass is 32.2. The molecule has 172 valence electrons. The molecule has 0 radical (unpaired) electrons. The normalized spacial score (nSPS) is 20.6. The Balaban J connectivity index is 1.88. The molecule has 0 unspecified atom stereocenters. The molecule has 1 aliphatic rings. The smallest absolute Gasteiger partial charge is 0.345 e. The highest BCUT2D eigenvalue weighted by Crippen LogP contribution is 2.32. The van der Waals surface area contributed by atoms with Crippen LogP contribution in [0.3, 0.4) is 0 Å². The van der Waals surface area contributed by atoms with Crippen molar-refractivity contribution in [3.05, 3.63) is 59.2 Å². The topological polar surface area (TPSA) is 115 Å². The molecule has 0 saturated carbocycles. The lowest BCUT2D eigenvalue weighted by Crippen LogP contribution is -2.62. The van der Waals surface area contributed by atoms with Crippen LogP contribution in [0.4, 0.5) is 23.2 Å². The summed E-state index contributed by atoms with van der Waals surface area (Å²) in [5.41, 5.74) is -2.86. The summed E-state index contributed by atoms with van der Waals surface area (Å²) in [6, 6.07) is 5.04. The number of alkyl halides is 3. The van der Waals surface area contributed by atoms with Crippen LogP contribution in [-0.2, 0) is 21.7 Å². The second-order valence-corrected chi connectivity index (χ2v) is 9.20. The first-order valence-electron chi connectivity index (χ1n) is 9.28. The Bertz CT molecular complexity index is 1170. The Morgan fingerprint density at radius 3 is 2.53 bits per heavy atom. The van der Waals surface area contributed by atoms with Gasteiger partial charge in [-0.05, 0) is 44.2 Å². The number of guanidine groups is 1. The minimum absolute atomic E-state index is 0.0307. The zero-order chi connectivity index (χ0) is 23.9. The average molecular weight is 473 g/mol. The molecular weight excluding hydrogens is 454 g/mol. The summed E-state index contributed by atoms with van der Waals surface area (Å²) in [6.07, 6.45) is -4.08. The van der Waals surface area contributed by atoms with Gasteiger partial charge in [-0.15, -0.1) is 0 Å². The van der Waals surface area contributed by atoms with Crippen molar-refractivity contribution in [1.82, 2.24) is 14.6 Å². The summed E-state index contributed by atoms with van der Waals surface area (Å²) in [6.45, 7) is 3.00. The van der Waals surface area contributed by atoms with Crippen LogP contribution < -0.4 is 10.6 Å². The van der Waals surface area contributed by atoms with Gasteiger partial charge in [0.15, 0.2) is 0 Å². The van der Waals surface area contributed by atoms with Crippen LogP contribution >= 0.6 is 0 Å². The molecule has 0 aliphatic carbocycles. The van der Waals surface area contributed by atoms with Crippen molar-refractivity contribution < 1.29 is 30.8 Å². The molecule has 1 aromatic heterocycles. The van der Waals surface area contributed by atoms with Crippen molar-refractivity contribution in [2.45, 2.75) is 25.6 Å². The number of hydrogen-bond donors (Lipinski definition) is 3. The summed E-state index contributed by atoms with van der Waals surface area (Å²) in [4.78, 5) is 15.9. The summed E-state index contributed by atoms with van der Waals surface area (Å²) < 4.78 is 78.5. The molecule has 0 bridgehead atoms. The van der Waals surface area contributed by atoms with E-state index in [1.54, 1.807) is 6.92 Å². The van der Waals surface area contributed by atoms with E-state index in [1.807, 2.05) is 0 Å². The van der Waals surface area contributed by atoms with E-state index < -0.39 is 50.7 Å². The average Bonchev–Trinajstić information content (AvgIpc) is 2.67. The number of pyridine rings is 1. The van der Waals surface area contributed by atoms with Crippen molar-refractivity contribution in [2.24, 2.45) is 0 Å². The highest BCUT2D eigenvalue weighted by Gasteiger charge is 2.44. The van der Waals surface area contributed by atoms with Gasteiger partial charge in [-0.3, -0.25) is 15.2 Å². The maximum atomic E-state index is 14.6. The van der Waals surface area contributed by atoms with Crippen molar-refractivity contribution in [3.63, 3.8) is 0 Å². The molecule has 2 aromatic rings. The molecule has 1 aliphatic heterocycles. The number of carbonyl (C=O) groups is 1. The summed E-state index contributed by atoms with van der Waals surface area (Å²) >= 11 is 0. The van der Waals surface area contributed by atoms with Crippen LogP contribution in [0.25, 0.3) is 0 Å². The predicted molar refractivity (Wildman–Crippen MR) is 108 cm³/mol. The van der Waals surface area contributed by atoms with Crippen molar-refractivity contribution >= 4 is 27.6 Å². The second-order valence-electron chi connectivity index (χ2n) is 7.31. The Morgan fingerprint density at radius 2 is 2.00 bits per heavy atom. The number of halogens is 4. The molecule has 1 aromatic carbocycles. The van der Waals surface area contributed by atoms with Gasteiger partial charge in [0.05, 0.1) is 16.9 Å². The van der Waals surface area contributed by atoms with E-state index >= 15 is 0 Å². The number of nitrogens with one attached hydrogen (secondary N) is 3. The standard InChI is InChI=1S/C19H19F4N5O3S/c1-3-28-17(24)27-18(2,10-32(28,30)31)13-8-12(5-6-14(13)20)26-16(29)15-7-4-11(9-25-15)19(21,22)23/h4-9H,3,10H2,1-2H3,(H2,24,27)(H,26,29)/t18-/m0/s1. The number of sulfonamides is 1. The minimum atomic E-state index is -4.60. The fraction of sp³-hybridized carbons (Fsp3) is 0.316. The molecule has 1 atom stereocenters. The third-order valence-corrected chi connectivity index (χ3v) is 6.93. The van der Waals surface area contributed by atoms with E-state index in [9.17, 15) is 30.8 Å². The second kappa shape index (κ2) is 8.04. The number of rotatable bonds is 4. The van der Waals surface area contributed by atoms with Gasteiger partial charge in [-0.1, -0.05) is 0 Å². The van der Waals surface area contributed by atoms with Crippen LogP contribution in [0, 0.1) is 11.2 Å². The minimum Gasteiger partial charge on any atom is -0.345 e. The fourth-order valence-electron chi connectivity index (χ4n) is 3.36. The van der Waals surface area contributed by atoms with Gasteiger partial charge in [-0.25, -0.2) is 17.1 Å². The molecule has 3 rings (SSSR count). The molecule has 1 amide bonds. The van der Waals surface area contributed by atoms with E-state index in [0.29, 0.717) is 12.3 Å². The lowest BCUT2D eigenvalue weighted by atomic mass is 9.93. The van der Waals surface area contributed by atoms with Crippen molar-refractivity contribution in [1.29, 1.82) is 5.41 Å². The van der Waals surface area contributed by atoms with Crippen LogP contribution in [0.2, 0.25) is 0 Å². The summed E-state index contributed by atoms with van der Waals surface area (Å²) in [7, 11) is -3.90. The highest BCUT2D eigenvalue weighted by molar-refractivity contribution is 7.89. The number of nitrogens with zero attached hydrogens (tertiary/aromatic N) is 2. The number of aromatic nitrogens is 1. The Hall–Kier alpha value is -3.22. The third kappa shape index (κ3) is 4.52. The van der Waals surface area contributed by atoms with Gasteiger partial charge in [0.25, 0.3) is 5.91 Å². The SMILES string of the molecule is CCN1C(=N)N[C@](C)(c2cc(NC(=O)c3ccc(C(F)(F)F)cn3)ccc2F)CS1(=O)=O. The van der Waals surface area contributed by atoms with Crippen molar-refractivity contribution in [2.75, 3.05) is 17.6 Å². The van der Waals surface area contributed by atoms with E-state index in [4.69, 9.17) is 5.41 Å². The molecule has 0 spiro atoms. The van der Waals surface area contributed by atoms with Crippen LogP contribution in [0.5, 0.6) is 0 Å². The molecule has 1 saturated heterocycles. The van der Waals surface area contributed by atoms with E-state index in [0.717, 1.165) is 16.4 Å². The van der Waals surface area contributed by atoms with E-state index in [-0.39, 0.29) is 23.5 Å². The van der Waals surface area contributed by atoms with Crippen LogP contribution in [0.1, 0.15) is 35.5 Å². The predicted octanol–water partition coefficient (Wildman–Crippen LogP) is 2.90. The Kier molecular flexibility index (Phi) is 5.89. The first-order chi connectivity index (χ1) is 14.8. The quantitative estimate of drug-likeness (QED) is 0.591. The Morgan fingerprint density at radius 1 is 1.31 bits per heavy atom. The lowest BCUT2D eigenvalue weighted by molar-refractivity contribution is -0.137. The number of anilines is 1. The number of benzene rings is 1. The zero-order valence-corrected chi connectivity index (χ0v) is 17.7. The molecule has 1 fully saturated rings. The van der Waals surface area contributed by atoms with Gasteiger partial charge in [0.2, 0.25) is 16.0 Å². The van der Waals surface area contributed by atoms with Gasteiger partial charge in [0, 0.05) is 24.0 Å². The molecule has 2 heterocycles. The first kappa shape index (κ1) is 23.4. The maximum Gasteiger partial charge on any atom is 0.417 e. The fourth-order valence-corrected chi connectivity index (χ4v) is 5.19. The van der Waals surface area contributed by atoms with Crippen molar-refractivity contribution in [3.8, 4) is 0 Å². The van der Waals surface area contributed by atoms with Crippen LogP contribution in [0.15, 0.2) is 36.5 Å². The molecule has 3 N–H and O–H groups in total. The van der Waals surface area contributed by atoms with Gasteiger partial charge in [-0.2, -0.15) is 13.2 Å². The molecule has 8 nitrogen and oxygen atoms in total. The molecule has 32 heavy (non-hydrogen) atoms. The number of amides is 1. The van der Waals surface area contributed by atoms with Gasteiger partial charge >= 0.3 is 6.18 Å². The van der Waals surface area contributed by atoms with Gasteiger partial charge in [0.1, 0.15) is 11.5 Å². The Labute approximate surface area is 181 Å². The zero-order valence-electron chi connectivity index (χ0n) is 16.9. The molecule has 13 heteroatoms. The monoisotopic (exact) mass is 473 g/mol. The van der Waals surface area contributed by atoms with E-state index in [1.165, 1.54) is 19.1 Å². The summed E-state index contributed by atoms with van der Waals surface area (Å²) in [5, 5.41) is 13.1. The summed E-state index contributed by atoms with van der Waals surface area (Å²) in [5.74, 6) is -2.55. The van der Waals surface area contributed by atoms with Gasteiger partial charge < -0.3 is 10.6 Å². The lowest BCUT2D eigenvalue weighted by Gasteiger charge is -2.41.